The lowest BCUT2D eigenvalue weighted by molar-refractivity contribution is -0.0444. The number of hydrogen-bond acceptors (Lipinski definition) is 6. The molecular weight excluding hydrogens is 508 g/mol. The second-order valence-electron chi connectivity index (χ2n) is 14.5. The van der Waals surface area contributed by atoms with Gasteiger partial charge in [0.2, 0.25) is 0 Å². The van der Waals surface area contributed by atoms with Crippen molar-refractivity contribution >= 4 is 0 Å². The minimum atomic E-state index is -0.312. The third kappa shape index (κ3) is 11.7. The predicted molar refractivity (Wildman–Crippen MR) is 176 cm³/mol. The highest BCUT2D eigenvalue weighted by Crippen LogP contribution is 2.43. The van der Waals surface area contributed by atoms with Gasteiger partial charge in [0.05, 0.1) is 12.9 Å². The number of ether oxygens (including phenoxy) is 1. The molecule has 0 bridgehead atoms. The number of aliphatic hydroxyl groups excluding tert-OH is 1. The van der Waals surface area contributed by atoms with Crippen LogP contribution in [0.2, 0.25) is 0 Å². The smallest absolute Gasteiger partial charge is 0.110 e. The number of piperazine rings is 1. The Morgan fingerprint density at radius 2 is 1.63 bits per heavy atom. The Kier molecular flexibility index (Phi) is 16.2. The van der Waals surface area contributed by atoms with Crippen molar-refractivity contribution in [2.24, 2.45) is 23.2 Å². The highest BCUT2D eigenvalue weighted by molar-refractivity contribution is 5.04. The van der Waals surface area contributed by atoms with Gasteiger partial charge in [-0.05, 0) is 102 Å². The molecule has 6 heteroatoms. The minimum Gasteiger partial charge on any atom is -0.501 e. The van der Waals surface area contributed by atoms with Gasteiger partial charge < -0.3 is 15.2 Å². The van der Waals surface area contributed by atoms with Crippen molar-refractivity contribution in [3.63, 3.8) is 0 Å². The van der Waals surface area contributed by atoms with E-state index in [-0.39, 0.29) is 6.23 Å². The van der Waals surface area contributed by atoms with E-state index in [9.17, 15) is 5.11 Å². The molecule has 0 aromatic heterocycles. The summed E-state index contributed by atoms with van der Waals surface area (Å²) in [5.41, 5.74) is 0.381. The Bertz CT molecular complexity index is 730. The van der Waals surface area contributed by atoms with E-state index < -0.39 is 0 Å². The van der Waals surface area contributed by atoms with Gasteiger partial charge >= 0.3 is 0 Å². The van der Waals surface area contributed by atoms with Gasteiger partial charge in [0.1, 0.15) is 6.23 Å². The van der Waals surface area contributed by atoms with Gasteiger partial charge in [0.25, 0.3) is 0 Å². The van der Waals surface area contributed by atoms with Crippen LogP contribution in [0.15, 0.2) is 11.8 Å². The van der Waals surface area contributed by atoms with Crippen molar-refractivity contribution in [3.05, 3.63) is 11.8 Å². The monoisotopic (exact) mass is 579 g/mol. The molecule has 0 aromatic rings. The van der Waals surface area contributed by atoms with Crippen LogP contribution in [-0.4, -0.2) is 97.1 Å². The number of nitrogens with zero attached hydrogens (tertiary/aromatic N) is 3. The number of allylic oxidation sites excluding steroid dienone is 2. The van der Waals surface area contributed by atoms with Crippen LogP contribution in [-0.2, 0) is 4.74 Å². The summed E-state index contributed by atoms with van der Waals surface area (Å²) in [5.74, 6) is 2.87. The topological polar surface area (TPSA) is 51.2 Å². The molecule has 2 N–H and O–H groups in total. The van der Waals surface area contributed by atoms with Gasteiger partial charge in [-0.1, -0.05) is 34.1 Å². The molecule has 1 fully saturated rings. The zero-order valence-corrected chi connectivity index (χ0v) is 28.9. The van der Waals surface area contributed by atoms with Gasteiger partial charge in [-0.25, -0.2) is 0 Å². The van der Waals surface area contributed by atoms with Gasteiger partial charge in [-0.15, -0.1) is 0 Å². The van der Waals surface area contributed by atoms with Crippen molar-refractivity contribution in [3.8, 4) is 0 Å². The fourth-order valence-electron chi connectivity index (χ4n) is 7.17. The van der Waals surface area contributed by atoms with E-state index in [1.807, 2.05) is 7.11 Å². The van der Waals surface area contributed by atoms with Crippen LogP contribution in [0.4, 0.5) is 0 Å². The van der Waals surface area contributed by atoms with Crippen LogP contribution in [0.3, 0.4) is 0 Å². The van der Waals surface area contributed by atoms with E-state index in [2.05, 4.69) is 88.4 Å². The Balaban J connectivity index is 2.01. The van der Waals surface area contributed by atoms with E-state index >= 15 is 0 Å². The largest absolute Gasteiger partial charge is 0.501 e. The SMILES string of the molecule is CCC(CCC(C)C(O)N1CCNCC1)CN(CCN(C(C)C)C(C)C)C(C)CCC(C)C1(C)CC=C(OC)CC1. The fraction of sp³-hybridized carbons (Fsp3) is 0.943. The van der Waals surface area contributed by atoms with Crippen molar-refractivity contribution in [2.45, 2.75) is 138 Å². The first-order valence-electron chi connectivity index (χ1n) is 17.3. The molecule has 6 nitrogen and oxygen atoms in total. The third-order valence-electron chi connectivity index (χ3n) is 10.9. The summed E-state index contributed by atoms with van der Waals surface area (Å²) >= 11 is 0. The first kappa shape index (κ1) is 36.5. The molecular formula is C35H70N4O2. The predicted octanol–water partition coefficient (Wildman–Crippen LogP) is 6.60. The molecule has 0 amide bonds. The van der Waals surface area contributed by atoms with Crippen molar-refractivity contribution in [1.82, 2.24) is 20.0 Å². The second-order valence-corrected chi connectivity index (χ2v) is 14.5. The Hall–Kier alpha value is -0.660. The van der Waals surface area contributed by atoms with E-state index in [0.29, 0.717) is 41.3 Å². The summed E-state index contributed by atoms with van der Waals surface area (Å²) in [6, 6.07) is 1.71. The first-order chi connectivity index (χ1) is 19.4. The highest BCUT2D eigenvalue weighted by atomic mass is 16.5. The Morgan fingerprint density at radius 1 is 0.976 bits per heavy atom. The molecule has 0 radical (unpaired) electrons. The summed E-state index contributed by atoms with van der Waals surface area (Å²) in [7, 11) is 1.81. The molecule has 6 unspecified atom stereocenters. The molecule has 1 saturated heterocycles. The average Bonchev–Trinajstić information content (AvgIpc) is 2.96. The van der Waals surface area contributed by atoms with Crippen LogP contribution in [0.1, 0.15) is 114 Å². The molecule has 1 aliphatic carbocycles. The number of rotatable bonds is 19. The Labute approximate surface area is 255 Å². The zero-order chi connectivity index (χ0) is 30.6. The maximum absolute atomic E-state index is 11.0. The van der Waals surface area contributed by atoms with Crippen molar-refractivity contribution in [1.29, 1.82) is 0 Å². The van der Waals surface area contributed by atoms with Crippen molar-refractivity contribution < 1.29 is 9.84 Å². The zero-order valence-electron chi connectivity index (χ0n) is 28.9. The average molecular weight is 579 g/mol. The van der Waals surface area contributed by atoms with Crippen LogP contribution < -0.4 is 5.32 Å². The lowest BCUT2D eigenvalue weighted by Crippen LogP contribution is -2.50. The van der Waals surface area contributed by atoms with E-state index in [1.165, 1.54) is 44.4 Å². The molecule has 2 aliphatic rings. The van der Waals surface area contributed by atoms with Gasteiger partial charge in [-0.2, -0.15) is 0 Å². The maximum Gasteiger partial charge on any atom is 0.110 e. The standard InChI is InChI=1S/C35H70N4O2/c1-11-32(15-12-29(6)34(40)37-22-20-36-21-23-37)26-38(24-25-39(27(2)3)28(4)5)31(8)14-13-30(7)35(9)18-16-33(41-10)17-19-35/h16,27-32,34,36,40H,11-15,17-26H2,1-10H3. The molecule has 6 atom stereocenters. The van der Waals surface area contributed by atoms with Crippen LogP contribution in [0.5, 0.6) is 0 Å². The lowest BCUT2D eigenvalue weighted by atomic mass is 9.68. The highest BCUT2D eigenvalue weighted by Gasteiger charge is 2.33. The normalized spacial score (nSPS) is 24.5. The number of aliphatic hydroxyl groups is 1. The van der Waals surface area contributed by atoms with E-state index in [4.69, 9.17) is 4.74 Å². The number of methoxy groups -OCH3 is 1. The summed E-state index contributed by atoms with van der Waals surface area (Å²) in [4.78, 5) is 7.74. The molecule has 1 aliphatic heterocycles. The fourth-order valence-corrected chi connectivity index (χ4v) is 7.17. The summed E-state index contributed by atoms with van der Waals surface area (Å²) in [6.07, 6.45) is 11.5. The van der Waals surface area contributed by atoms with Crippen LogP contribution >= 0.6 is 0 Å². The van der Waals surface area contributed by atoms with Crippen molar-refractivity contribution in [2.75, 3.05) is 52.9 Å². The molecule has 41 heavy (non-hydrogen) atoms. The quantitative estimate of drug-likeness (QED) is 0.180. The van der Waals surface area contributed by atoms with Gasteiger partial charge in [-0.3, -0.25) is 14.7 Å². The summed E-state index contributed by atoms with van der Waals surface area (Å²) in [5, 5.41) is 14.4. The maximum atomic E-state index is 11.0. The molecule has 0 spiro atoms. The number of hydrogen-bond donors (Lipinski definition) is 2. The van der Waals surface area contributed by atoms with E-state index in [1.54, 1.807) is 0 Å². The molecule has 0 aromatic carbocycles. The molecule has 2 rings (SSSR count). The third-order valence-corrected chi connectivity index (χ3v) is 10.9. The Morgan fingerprint density at radius 3 is 2.17 bits per heavy atom. The van der Waals surface area contributed by atoms with Gasteiger partial charge in [0.15, 0.2) is 0 Å². The molecule has 1 heterocycles. The number of nitrogens with one attached hydrogen (secondary N) is 1. The summed E-state index contributed by atoms with van der Waals surface area (Å²) in [6.45, 7) is 28.8. The van der Waals surface area contributed by atoms with Crippen LogP contribution in [0, 0.1) is 23.2 Å². The van der Waals surface area contributed by atoms with Crippen LogP contribution in [0.25, 0.3) is 0 Å². The van der Waals surface area contributed by atoms with Gasteiger partial charge in [0, 0.05) is 70.4 Å². The molecule has 0 saturated carbocycles. The summed E-state index contributed by atoms with van der Waals surface area (Å²) < 4.78 is 5.53. The minimum absolute atomic E-state index is 0.312. The second kappa shape index (κ2) is 18.2. The lowest BCUT2D eigenvalue weighted by Gasteiger charge is -2.40. The first-order valence-corrected chi connectivity index (χ1v) is 17.3. The van der Waals surface area contributed by atoms with E-state index in [0.717, 1.165) is 58.5 Å². The molecule has 242 valence electrons.